The molecule has 0 fully saturated rings. The molecular formula is C66H43N3. The highest BCUT2D eigenvalue weighted by atomic mass is 14.9. The maximum absolute atomic E-state index is 5.47. The van der Waals surface area contributed by atoms with Gasteiger partial charge >= 0.3 is 0 Å². The first-order chi connectivity index (χ1) is 34.2. The van der Waals surface area contributed by atoms with E-state index in [2.05, 4.69) is 237 Å². The number of rotatable bonds is 8. The molecule has 0 N–H and O–H groups in total. The van der Waals surface area contributed by atoms with Crippen LogP contribution in [0.2, 0.25) is 0 Å². The summed E-state index contributed by atoms with van der Waals surface area (Å²) in [5, 5.41) is 3.47. The van der Waals surface area contributed by atoms with E-state index in [9.17, 15) is 0 Å². The Kier molecular flexibility index (Phi) is 9.73. The molecule has 322 valence electrons. The molecule has 0 saturated carbocycles. The van der Waals surface area contributed by atoms with Crippen molar-refractivity contribution in [3.8, 4) is 78.5 Å². The van der Waals surface area contributed by atoms with E-state index in [0.29, 0.717) is 5.82 Å². The fourth-order valence-corrected chi connectivity index (χ4v) is 10.7. The molecule has 0 saturated heterocycles. The Balaban J connectivity index is 0.916. The van der Waals surface area contributed by atoms with E-state index < -0.39 is 5.41 Å². The fraction of sp³-hybridized carbons (Fsp3) is 0.0152. The summed E-state index contributed by atoms with van der Waals surface area (Å²) in [6.07, 6.45) is 0. The minimum Gasteiger partial charge on any atom is -0.247 e. The molecule has 0 radical (unpaired) electrons. The number of pyridine rings is 1. The van der Waals surface area contributed by atoms with Crippen molar-refractivity contribution in [2.24, 2.45) is 0 Å². The van der Waals surface area contributed by atoms with Crippen molar-refractivity contribution in [3.05, 3.63) is 283 Å². The molecule has 0 amide bonds. The SMILES string of the molecule is c1ccc(-c2ccc(-c3cc(-c4ccc(-c5cccc(-c6nc7ccccc7c7cc8c(cc67)-c6ccccc6C8(c6ccccc6)c6ccccc6)c5)cc4)nc(-c4ccccc4)n3)cc2)cc1. The van der Waals surface area contributed by atoms with Crippen molar-refractivity contribution >= 4 is 21.7 Å². The third-order valence-electron chi connectivity index (χ3n) is 14.0. The highest BCUT2D eigenvalue weighted by Gasteiger charge is 2.46. The van der Waals surface area contributed by atoms with Crippen LogP contribution in [0.5, 0.6) is 0 Å². The topological polar surface area (TPSA) is 38.7 Å². The third kappa shape index (κ3) is 6.86. The van der Waals surface area contributed by atoms with Gasteiger partial charge in [0.1, 0.15) is 0 Å². The standard InChI is InChI=1S/C66H43N3/c1-5-18-44(19-6-1)45-32-36-47(37-33-45)62-43-63(69-65(68-62)49-20-7-2-8-21-49)48-38-34-46(35-39-48)50-22-17-23-51(40-50)64-58-41-57-54-28-13-15-30-59(54)66(52-24-9-3-10-25-52,53-26-11-4-12-27-53)60(57)42-56(58)55-29-14-16-31-61(55)67-64/h1-43H. The summed E-state index contributed by atoms with van der Waals surface area (Å²) in [4.78, 5) is 15.7. The number of fused-ring (bicyclic) bond motifs is 6. The second-order valence-electron chi connectivity index (χ2n) is 17.9. The van der Waals surface area contributed by atoms with Crippen molar-refractivity contribution in [1.82, 2.24) is 15.0 Å². The molecule has 0 bridgehead atoms. The van der Waals surface area contributed by atoms with Crippen molar-refractivity contribution in [2.75, 3.05) is 0 Å². The molecule has 0 atom stereocenters. The highest BCUT2D eigenvalue weighted by molar-refractivity contribution is 6.13. The number of aromatic nitrogens is 3. The Morgan fingerprint density at radius 3 is 1.41 bits per heavy atom. The van der Waals surface area contributed by atoms with Gasteiger partial charge in [0, 0.05) is 33.0 Å². The molecule has 3 nitrogen and oxygen atoms in total. The zero-order chi connectivity index (χ0) is 45.7. The van der Waals surface area contributed by atoms with Crippen LogP contribution < -0.4 is 0 Å². The van der Waals surface area contributed by atoms with Crippen LogP contribution in [0.25, 0.3) is 100 Å². The lowest BCUT2D eigenvalue weighted by Crippen LogP contribution is -2.28. The molecule has 2 aromatic heterocycles. The summed E-state index contributed by atoms with van der Waals surface area (Å²) >= 11 is 0. The van der Waals surface area contributed by atoms with Crippen molar-refractivity contribution in [3.63, 3.8) is 0 Å². The van der Waals surface area contributed by atoms with Crippen LogP contribution in [0.4, 0.5) is 0 Å². The van der Waals surface area contributed by atoms with Gasteiger partial charge in [0.15, 0.2) is 5.82 Å². The van der Waals surface area contributed by atoms with Crippen LogP contribution in [0, 0.1) is 0 Å². The molecule has 0 spiro atoms. The molecule has 13 rings (SSSR count). The second-order valence-corrected chi connectivity index (χ2v) is 17.9. The second kappa shape index (κ2) is 16.7. The van der Waals surface area contributed by atoms with Crippen LogP contribution in [0.1, 0.15) is 22.3 Å². The number of benzene rings is 10. The predicted molar refractivity (Wildman–Crippen MR) is 285 cm³/mol. The largest absolute Gasteiger partial charge is 0.247 e. The van der Waals surface area contributed by atoms with Crippen molar-refractivity contribution in [2.45, 2.75) is 5.41 Å². The number of hydrogen-bond donors (Lipinski definition) is 0. The van der Waals surface area contributed by atoms with Gasteiger partial charge in [0.05, 0.1) is 28.0 Å². The van der Waals surface area contributed by atoms with E-state index in [1.54, 1.807) is 0 Å². The third-order valence-corrected chi connectivity index (χ3v) is 14.0. The van der Waals surface area contributed by atoms with E-state index in [4.69, 9.17) is 15.0 Å². The molecule has 0 unspecified atom stereocenters. The monoisotopic (exact) mass is 877 g/mol. The van der Waals surface area contributed by atoms with E-state index in [1.807, 2.05) is 24.3 Å². The summed E-state index contributed by atoms with van der Waals surface area (Å²) in [6.45, 7) is 0. The van der Waals surface area contributed by atoms with Crippen molar-refractivity contribution in [1.29, 1.82) is 0 Å². The van der Waals surface area contributed by atoms with Crippen molar-refractivity contribution < 1.29 is 0 Å². The molecule has 12 aromatic rings. The first-order valence-electron chi connectivity index (χ1n) is 23.6. The minimum absolute atomic E-state index is 0.496. The number of hydrogen-bond acceptors (Lipinski definition) is 3. The van der Waals surface area contributed by atoms with Gasteiger partial charge in [-0.25, -0.2) is 15.0 Å². The minimum atomic E-state index is -0.496. The van der Waals surface area contributed by atoms with E-state index in [-0.39, 0.29) is 0 Å². The van der Waals surface area contributed by atoms with Gasteiger partial charge in [0.2, 0.25) is 0 Å². The predicted octanol–water partition coefficient (Wildman–Crippen LogP) is 16.5. The van der Waals surface area contributed by atoms with E-state index in [1.165, 1.54) is 49.9 Å². The van der Waals surface area contributed by atoms with Gasteiger partial charge in [-0.3, -0.25) is 0 Å². The lowest BCUT2D eigenvalue weighted by Gasteiger charge is -2.34. The lowest BCUT2D eigenvalue weighted by atomic mass is 9.67. The molecular weight excluding hydrogens is 835 g/mol. The summed E-state index contributed by atoms with van der Waals surface area (Å²) in [5.41, 5.74) is 19.5. The van der Waals surface area contributed by atoms with E-state index >= 15 is 0 Å². The average Bonchev–Trinajstić information content (AvgIpc) is 3.73. The van der Waals surface area contributed by atoms with Gasteiger partial charge in [-0.15, -0.1) is 0 Å². The van der Waals surface area contributed by atoms with E-state index in [0.717, 1.165) is 66.8 Å². The smallest absolute Gasteiger partial charge is 0.160 e. The Morgan fingerprint density at radius 1 is 0.261 bits per heavy atom. The first kappa shape index (κ1) is 40.2. The molecule has 10 aromatic carbocycles. The van der Waals surface area contributed by atoms with Crippen LogP contribution in [-0.4, -0.2) is 15.0 Å². The Bertz CT molecular complexity index is 3810. The molecule has 1 aliphatic rings. The number of para-hydroxylation sites is 1. The molecule has 3 heteroatoms. The first-order valence-corrected chi connectivity index (χ1v) is 23.6. The lowest BCUT2D eigenvalue weighted by molar-refractivity contribution is 0.769. The summed E-state index contributed by atoms with van der Waals surface area (Å²) in [5.74, 6) is 0.696. The van der Waals surface area contributed by atoms with Gasteiger partial charge in [-0.2, -0.15) is 0 Å². The van der Waals surface area contributed by atoms with Gasteiger partial charge in [0.25, 0.3) is 0 Å². The maximum Gasteiger partial charge on any atom is 0.160 e. The summed E-state index contributed by atoms with van der Waals surface area (Å²) in [7, 11) is 0. The van der Waals surface area contributed by atoms with Gasteiger partial charge in [-0.1, -0.05) is 231 Å². The Hall–Kier alpha value is -9.05. The van der Waals surface area contributed by atoms with Gasteiger partial charge < -0.3 is 0 Å². The summed E-state index contributed by atoms with van der Waals surface area (Å²) < 4.78 is 0. The molecule has 69 heavy (non-hydrogen) atoms. The van der Waals surface area contributed by atoms with Crippen LogP contribution in [0.3, 0.4) is 0 Å². The van der Waals surface area contributed by atoms with Gasteiger partial charge in [-0.05, 0) is 91.4 Å². The quantitative estimate of drug-likeness (QED) is 0.143. The zero-order valence-electron chi connectivity index (χ0n) is 37.7. The summed E-state index contributed by atoms with van der Waals surface area (Å²) in [6, 6.07) is 93.6. The Labute approximate surface area is 401 Å². The molecule has 2 heterocycles. The Morgan fingerprint density at radius 2 is 0.754 bits per heavy atom. The van der Waals surface area contributed by atoms with Crippen LogP contribution in [0.15, 0.2) is 261 Å². The van der Waals surface area contributed by atoms with Crippen LogP contribution in [-0.2, 0) is 5.41 Å². The van der Waals surface area contributed by atoms with Crippen LogP contribution >= 0.6 is 0 Å². The molecule has 1 aliphatic carbocycles. The average molecular weight is 878 g/mol. The fourth-order valence-electron chi connectivity index (χ4n) is 10.7. The maximum atomic E-state index is 5.47. The normalized spacial score (nSPS) is 12.5. The number of nitrogens with zero attached hydrogens (tertiary/aromatic N) is 3. The zero-order valence-corrected chi connectivity index (χ0v) is 37.7. The highest BCUT2D eigenvalue weighted by Crippen LogP contribution is 2.57. The molecule has 0 aliphatic heterocycles.